The molecule has 2 amide bonds. The fourth-order valence-corrected chi connectivity index (χ4v) is 2.46. The van der Waals surface area contributed by atoms with Crippen molar-refractivity contribution in [2.75, 3.05) is 38.5 Å². The first-order valence-electron chi connectivity index (χ1n) is 7.67. The van der Waals surface area contributed by atoms with Gasteiger partial charge in [0.15, 0.2) is 0 Å². The van der Waals surface area contributed by atoms with Crippen LogP contribution >= 0.6 is 11.6 Å². The van der Waals surface area contributed by atoms with E-state index in [1.165, 1.54) is 14.2 Å². The van der Waals surface area contributed by atoms with E-state index in [0.717, 1.165) is 11.3 Å². The molecule has 0 unspecified atom stereocenters. The Hall–Kier alpha value is -2.60. The Kier molecular flexibility index (Phi) is 6.36. The van der Waals surface area contributed by atoms with Crippen LogP contribution in [0, 0.1) is 0 Å². The number of methoxy groups -OCH3 is 2. The molecule has 0 fully saturated rings. The molecule has 0 spiro atoms. The van der Waals surface area contributed by atoms with Gasteiger partial charge in [0.05, 0.1) is 24.9 Å². The van der Waals surface area contributed by atoms with Gasteiger partial charge in [-0.05, 0) is 23.8 Å². The topological polar surface area (TPSA) is 62.8 Å². The molecule has 2 N–H and O–H groups in total. The zero-order valence-electron chi connectivity index (χ0n) is 14.7. The highest BCUT2D eigenvalue weighted by Gasteiger charge is 2.12. The molecule has 0 heterocycles. The number of carbonyl (C=O) groups is 1. The molecular weight excluding hydrogens is 342 g/mol. The van der Waals surface area contributed by atoms with Gasteiger partial charge in [-0.15, -0.1) is 0 Å². The van der Waals surface area contributed by atoms with E-state index in [0.29, 0.717) is 28.8 Å². The minimum atomic E-state index is -0.351. The van der Waals surface area contributed by atoms with E-state index >= 15 is 0 Å². The Morgan fingerprint density at radius 1 is 1.08 bits per heavy atom. The van der Waals surface area contributed by atoms with Crippen LogP contribution in [0.1, 0.15) is 5.56 Å². The number of carbonyl (C=O) groups excluding carboxylic acids is 1. The molecular formula is C18H22ClN3O3. The average molecular weight is 364 g/mol. The Balaban J connectivity index is 1.99. The highest BCUT2D eigenvalue weighted by atomic mass is 35.5. The van der Waals surface area contributed by atoms with Crippen molar-refractivity contribution in [3.05, 3.63) is 47.0 Å². The fraction of sp³-hybridized carbons (Fsp3) is 0.278. The minimum Gasteiger partial charge on any atom is -0.495 e. The van der Waals surface area contributed by atoms with Gasteiger partial charge in [-0.2, -0.15) is 0 Å². The van der Waals surface area contributed by atoms with Crippen LogP contribution in [0.2, 0.25) is 5.02 Å². The summed E-state index contributed by atoms with van der Waals surface area (Å²) in [4.78, 5) is 14.2. The van der Waals surface area contributed by atoms with Crippen LogP contribution in [0.25, 0.3) is 0 Å². The van der Waals surface area contributed by atoms with Crippen LogP contribution in [0.15, 0.2) is 36.4 Å². The lowest BCUT2D eigenvalue weighted by atomic mass is 10.2. The van der Waals surface area contributed by atoms with Crippen LogP contribution in [0.4, 0.5) is 16.2 Å². The molecule has 6 nitrogen and oxygen atoms in total. The molecule has 2 aromatic carbocycles. The Morgan fingerprint density at radius 3 is 2.28 bits per heavy atom. The van der Waals surface area contributed by atoms with Crippen LogP contribution in [0.5, 0.6) is 11.5 Å². The molecule has 0 aromatic heterocycles. The van der Waals surface area contributed by atoms with Gasteiger partial charge in [-0.25, -0.2) is 4.79 Å². The van der Waals surface area contributed by atoms with E-state index in [1.807, 2.05) is 43.3 Å². The molecule has 0 atom stereocenters. The van der Waals surface area contributed by atoms with E-state index in [-0.39, 0.29) is 6.03 Å². The molecule has 134 valence electrons. The van der Waals surface area contributed by atoms with Gasteiger partial charge in [0.2, 0.25) is 0 Å². The van der Waals surface area contributed by atoms with Crippen molar-refractivity contribution in [2.45, 2.75) is 6.54 Å². The highest BCUT2D eigenvalue weighted by molar-refractivity contribution is 6.32. The number of hydrogen-bond acceptors (Lipinski definition) is 4. The molecule has 0 aliphatic rings. The van der Waals surface area contributed by atoms with Gasteiger partial charge in [0, 0.05) is 32.4 Å². The molecule has 2 aromatic rings. The summed E-state index contributed by atoms with van der Waals surface area (Å²) < 4.78 is 10.4. The second kappa shape index (κ2) is 8.48. The highest BCUT2D eigenvalue weighted by Crippen LogP contribution is 2.35. The fourth-order valence-electron chi connectivity index (χ4n) is 2.22. The number of anilines is 2. The largest absolute Gasteiger partial charge is 0.495 e. The quantitative estimate of drug-likeness (QED) is 0.820. The standard InChI is InChI=1S/C18H22ClN3O3/c1-22(2)13-7-5-12(6-8-13)11-20-18(23)21-15-9-14(19)16(24-3)10-17(15)25-4/h5-10H,11H2,1-4H3,(H2,20,21,23). The summed E-state index contributed by atoms with van der Waals surface area (Å²) in [5.41, 5.74) is 2.57. The Labute approximate surface area is 152 Å². The number of amides is 2. The zero-order chi connectivity index (χ0) is 18.4. The predicted molar refractivity (Wildman–Crippen MR) is 101 cm³/mol. The summed E-state index contributed by atoms with van der Waals surface area (Å²) in [6, 6.07) is 10.8. The van der Waals surface area contributed by atoms with E-state index in [1.54, 1.807) is 12.1 Å². The maximum atomic E-state index is 12.1. The van der Waals surface area contributed by atoms with E-state index in [4.69, 9.17) is 21.1 Å². The van der Waals surface area contributed by atoms with Crippen molar-refractivity contribution in [3.63, 3.8) is 0 Å². The molecule has 0 saturated heterocycles. The second-order valence-corrected chi connectivity index (χ2v) is 5.96. The minimum absolute atomic E-state index is 0.351. The normalized spacial score (nSPS) is 10.1. The number of nitrogens with one attached hydrogen (secondary N) is 2. The van der Waals surface area contributed by atoms with Crippen molar-refractivity contribution < 1.29 is 14.3 Å². The lowest BCUT2D eigenvalue weighted by Crippen LogP contribution is -2.28. The lowest BCUT2D eigenvalue weighted by molar-refractivity contribution is 0.251. The summed E-state index contributed by atoms with van der Waals surface area (Å²) in [6.07, 6.45) is 0. The van der Waals surface area contributed by atoms with Crippen molar-refractivity contribution >= 4 is 29.0 Å². The van der Waals surface area contributed by atoms with Crippen LogP contribution < -0.4 is 25.0 Å². The maximum Gasteiger partial charge on any atom is 0.319 e. The Morgan fingerprint density at radius 2 is 1.72 bits per heavy atom. The SMILES string of the molecule is COc1cc(OC)c(NC(=O)NCc2ccc(N(C)C)cc2)cc1Cl. The van der Waals surface area contributed by atoms with Gasteiger partial charge in [-0.3, -0.25) is 0 Å². The molecule has 0 aliphatic heterocycles. The number of halogens is 1. The second-order valence-electron chi connectivity index (χ2n) is 5.56. The summed E-state index contributed by atoms with van der Waals surface area (Å²) >= 11 is 6.10. The summed E-state index contributed by atoms with van der Waals surface area (Å²) in [5.74, 6) is 0.942. The molecule has 7 heteroatoms. The lowest BCUT2D eigenvalue weighted by Gasteiger charge is -2.14. The monoisotopic (exact) mass is 363 g/mol. The van der Waals surface area contributed by atoms with Gasteiger partial charge < -0.3 is 25.0 Å². The molecule has 0 bridgehead atoms. The maximum absolute atomic E-state index is 12.1. The zero-order valence-corrected chi connectivity index (χ0v) is 15.5. The van der Waals surface area contributed by atoms with Crippen LogP contribution in [-0.4, -0.2) is 34.3 Å². The van der Waals surface area contributed by atoms with E-state index in [2.05, 4.69) is 10.6 Å². The average Bonchev–Trinajstić information content (AvgIpc) is 2.60. The number of hydrogen-bond donors (Lipinski definition) is 2. The van der Waals surface area contributed by atoms with Crippen LogP contribution in [-0.2, 0) is 6.54 Å². The number of rotatable bonds is 6. The number of nitrogens with zero attached hydrogens (tertiary/aromatic N) is 1. The van der Waals surface area contributed by atoms with Crippen LogP contribution in [0.3, 0.4) is 0 Å². The smallest absolute Gasteiger partial charge is 0.319 e. The van der Waals surface area contributed by atoms with Crippen molar-refractivity contribution in [3.8, 4) is 11.5 Å². The first-order valence-corrected chi connectivity index (χ1v) is 8.05. The van der Waals surface area contributed by atoms with Crippen molar-refractivity contribution in [1.29, 1.82) is 0 Å². The third-order valence-corrected chi connectivity index (χ3v) is 3.92. The predicted octanol–water partition coefficient (Wildman–Crippen LogP) is 3.74. The molecule has 0 aliphatic carbocycles. The molecule has 0 radical (unpaired) electrons. The first kappa shape index (κ1) is 18.7. The van der Waals surface area contributed by atoms with E-state index in [9.17, 15) is 4.79 Å². The summed E-state index contributed by atoms with van der Waals surface area (Å²) in [5, 5.41) is 5.92. The number of urea groups is 1. The molecule has 0 saturated carbocycles. The third kappa shape index (κ3) is 4.93. The van der Waals surface area contributed by atoms with Crippen molar-refractivity contribution in [1.82, 2.24) is 5.32 Å². The summed E-state index contributed by atoms with van der Waals surface area (Å²) in [7, 11) is 6.99. The molecule has 2 rings (SSSR count). The van der Waals surface area contributed by atoms with E-state index < -0.39 is 0 Å². The summed E-state index contributed by atoms with van der Waals surface area (Å²) in [6.45, 7) is 0.408. The van der Waals surface area contributed by atoms with Gasteiger partial charge in [0.1, 0.15) is 11.5 Å². The van der Waals surface area contributed by atoms with Gasteiger partial charge >= 0.3 is 6.03 Å². The van der Waals surface area contributed by atoms with Crippen molar-refractivity contribution in [2.24, 2.45) is 0 Å². The number of ether oxygens (including phenoxy) is 2. The van der Waals surface area contributed by atoms with Gasteiger partial charge in [-0.1, -0.05) is 23.7 Å². The molecule has 25 heavy (non-hydrogen) atoms. The Bertz CT molecular complexity index is 733. The van der Waals surface area contributed by atoms with Gasteiger partial charge in [0.25, 0.3) is 0 Å². The number of benzene rings is 2. The first-order chi connectivity index (χ1) is 11.9. The third-order valence-electron chi connectivity index (χ3n) is 3.63.